The van der Waals surface area contributed by atoms with Gasteiger partial charge in [0.2, 0.25) is 0 Å². The lowest BCUT2D eigenvalue weighted by Crippen LogP contribution is -2.54. The standard InChI is InChI=1S/C14H12F6N2O/c1-8-11(12(23,13(15,16)17)14(18,19)20)9(2)22(21-8)10-6-4-3-5-7-10/h3-7,23H,1-2H3. The Morgan fingerprint density at radius 1 is 0.913 bits per heavy atom. The zero-order chi connectivity index (χ0) is 17.6. The van der Waals surface area contributed by atoms with Gasteiger partial charge >= 0.3 is 12.4 Å². The topological polar surface area (TPSA) is 38.0 Å². The number of benzene rings is 1. The van der Waals surface area contributed by atoms with Crippen molar-refractivity contribution in [2.75, 3.05) is 0 Å². The molecule has 1 heterocycles. The van der Waals surface area contributed by atoms with Crippen LogP contribution in [0.25, 0.3) is 5.69 Å². The first-order valence-electron chi connectivity index (χ1n) is 6.39. The first-order chi connectivity index (χ1) is 10.4. The second kappa shape index (κ2) is 5.26. The van der Waals surface area contributed by atoms with Crippen molar-refractivity contribution in [2.24, 2.45) is 0 Å². The van der Waals surface area contributed by atoms with Gasteiger partial charge in [0, 0.05) is 11.3 Å². The molecule has 23 heavy (non-hydrogen) atoms. The number of para-hydroxylation sites is 1. The second-order valence-electron chi connectivity index (χ2n) is 5.00. The van der Waals surface area contributed by atoms with E-state index in [9.17, 15) is 31.4 Å². The van der Waals surface area contributed by atoms with Crippen molar-refractivity contribution in [2.45, 2.75) is 31.8 Å². The van der Waals surface area contributed by atoms with Gasteiger partial charge in [-0.2, -0.15) is 31.4 Å². The molecule has 0 spiro atoms. The van der Waals surface area contributed by atoms with E-state index in [0.29, 0.717) is 0 Å². The highest BCUT2D eigenvalue weighted by atomic mass is 19.4. The van der Waals surface area contributed by atoms with E-state index in [1.807, 2.05) is 0 Å². The van der Waals surface area contributed by atoms with Crippen LogP contribution in [-0.2, 0) is 5.60 Å². The van der Waals surface area contributed by atoms with E-state index in [1.54, 1.807) is 18.2 Å². The molecule has 0 amide bonds. The number of aryl methyl sites for hydroxylation is 1. The lowest BCUT2D eigenvalue weighted by molar-refractivity contribution is -0.376. The van der Waals surface area contributed by atoms with Crippen LogP contribution in [0.5, 0.6) is 0 Å². The quantitative estimate of drug-likeness (QED) is 0.846. The normalized spacial score (nSPS) is 13.4. The van der Waals surface area contributed by atoms with Gasteiger partial charge in [-0.1, -0.05) is 18.2 Å². The van der Waals surface area contributed by atoms with Crippen LogP contribution in [0.4, 0.5) is 26.3 Å². The molecule has 0 saturated carbocycles. The van der Waals surface area contributed by atoms with Gasteiger partial charge in [-0.3, -0.25) is 0 Å². The molecule has 0 unspecified atom stereocenters. The smallest absolute Gasteiger partial charge is 0.369 e. The molecule has 0 aliphatic carbocycles. The Kier molecular flexibility index (Phi) is 3.96. The molecule has 3 nitrogen and oxygen atoms in total. The van der Waals surface area contributed by atoms with Gasteiger partial charge in [0.25, 0.3) is 5.60 Å². The first-order valence-corrected chi connectivity index (χ1v) is 6.39. The number of hydrogen-bond acceptors (Lipinski definition) is 2. The van der Waals surface area contributed by atoms with E-state index in [-0.39, 0.29) is 5.69 Å². The number of alkyl halides is 6. The summed E-state index contributed by atoms with van der Waals surface area (Å²) >= 11 is 0. The fourth-order valence-electron chi connectivity index (χ4n) is 2.43. The average Bonchev–Trinajstić information content (AvgIpc) is 2.72. The van der Waals surface area contributed by atoms with Crippen LogP contribution < -0.4 is 0 Å². The summed E-state index contributed by atoms with van der Waals surface area (Å²) in [5.41, 5.74) is -7.00. The summed E-state index contributed by atoms with van der Waals surface area (Å²) in [4.78, 5) is 0. The fourth-order valence-corrected chi connectivity index (χ4v) is 2.43. The summed E-state index contributed by atoms with van der Waals surface area (Å²) in [6.07, 6.45) is -11.9. The Morgan fingerprint density at radius 3 is 1.83 bits per heavy atom. The maximum absolute atomic E-state index is 13.1. The largest absolute Gasteiger partial charge is 0.430 e. The third kappa shape index (κ3) is 2.58. The first kappa shape index (κ1) is 17.3. The molecule has 2 aromatic rings. The SMILES string of the molecule is Cc1nn(-c2ccccc2)c(C)c1C(O)(C(F)(F)F)C(F)(F)F. The van der Waals surface area contributed by atoms with Crippen LogP contribution in [0, 0.1) is 13.8 Å². The minimum atomic E-state index is -5.94. The summed E-state index contributed by atoms with van der Waals surface area (Å²) < 4.78 is 79.2. The van der Waals surface area contributed by atoms with E-state index >= 15 is 0 Å². The number of aromatic nitrogens is 2. The molecular weight excluding hydrogens is 326 g/mol. The van der Waals surface area contributed by atoms with Gasteiger partial charge in [0.15, 0.2) is 0 Å². The molecule has 0 aliphatic heterocycles. The van der Waals surface area contributed by atoms with Crippen LogP contribution in [0.15, 0.2) is 30.3 Å². The predicted octanol–water partition coefficient (Wildman–Crippen LogP) is 3.80. The minimum absolute atomic E-state index is 0.283. The summed E-state index contributed by atoms with van der Waals surface area (Å²) in [5.74, 6) is 0. The molecule has 0 bridgehead atoms. The van der Waals surface area contributed by atoms with Crippen molar-refractivity contribution in [1.82, 2.24) is 9.78 Å². The number of hydrogen-bond donors (Lipinski definition) is 1. The van der Waals surface area contributed by atoms with E-state index in [4.69, 9.17) is 0 Å². The molecule has 0 aliphatic rings. The number of aliphatic hydroxyl groups is 1. The Morgan fingerprint density at radius 2 is 1.39 bits per heavy atom. The fraction of sp³-hybridized carbons (Fsp3) is 0.357. The Bertz CT molecular complexity index is 689. The van der Waals surface area contributed by atoms with Crippen LogP contribution >= 0.6 is 0 Å². The van der Waals surface area contributed by atoms with Gasteiger partial charge in [0.05, 0.1) is 11.4 Å². The van der Waals surface area contributed by atoms with Gasteiger partial charge in [-0.15, -0.1) is 0 Å². The number of rotatable bonds is 2. The average molecular weight is 338 g/mol. The number of halogens is 6. The van der Waals surface area contributed by atoms with Crippen molar-refractivity contribution in [1.29, 1.82) is 0 Å². The second-order valence-corrected chi connectivity index (χ2v) is 5.00. The summed E-state index contributed by atoms with van der Waals surface area (Å²) in [5, 5.41) is 13.3. The molecule has 0 radical (unpaired) electrons. The van der Waals surface area contributed by atoms with Crippen molar-refractivity contribution in [3.63, 3.8) is 0 Å². The molecule has 1 N–H and O–H groups in total. The zero-order valence-corrected chi connectivity index (χ0v) is 12.0. The summed E-state index contributed by atoms with van der Waals surface area (Å²) in [6.45, 7) is 2.04. The van der Waals surface area contributed by atoms with Gasteiger partial charge in [0.1, 0.15) is 0 Å². The molecular formula is C14H12F6N2O. The highest BCUT2D eigenvalue weighted by molar-refractivity contribution is 5.41. The Hall–Kier alpha value is -2.03. The van der Waals surface area contributed by atoms with Crippen LogP contribution in [0.2, 0.25) is 0 Å². The monoisotopic (exact) mass is 338 g/mol. The summed E-state index contributed by atoms with van der Waals surface area (Å²) in [7, 11) is 0. The molecule has 2 rings (SSSR count). The van der Waals surface area contributed by atoms with Crippen molar-refractivity contribution in [3.05, 3.63) is 47.3 Å². The van der Waals surface area contributed by atoms with E-state index in [1.165, 1.54) is 12.1 Å². The maximum Gasteiger partial charge on any atom is 0.430 e. The molecule has 0 fully saturated rings. The van der Waals surface area contributed by atoms with Gasteiger partial charge in [-0.05, 0) is 26.0 Å². The van der Waals surface area contributed by atoms with Crippen LogP contribution in [-0.4, -0.2) is 27.2 Å². The summed E-state index contributed by atoms with van der Waals surface area (Å²) in [6, 6.07) is 7.71. The highest BCUT2D eigenvalue weighted by Crippen LogP contribution is 2.51. The van der Waals surface area contributed by atoms with Gasteiger partial charge in [-0.25, -0.2) is 4.68 Å². The van der Waals surface area contributed by atoms with Gasteiger partial charge < -0.3 is 5.11 Å². The maximum atomic E-state index is 13.1. The third-order valence-electron chi connectivity index (χ3n) is 3.47. The molecule has 0 atom stereocenters. The van der Waals surface area contributed by atoms with Crippen LogP contribution in [0.3, 0.4) is 0 Å². The molecule has 0 saturated heterocycles. The Labute approximate surface area is 127 Å². The zero-order valence-electron chi connectivity index (χ0n) is 12.0. The molecule has 9 heteroatoms. The third-order valence-corrected chi connectivity index (χ3v) is 3.47. The van der Waals surface area contributed by atoms with Crippen molar-refractivity contribution < 1.29 is 31.4 Å². The molecule has 126 valence electrons. The highest BCUT2D eigenvalue weighted by Gasteiger charge is 2.73. The van der Waals surface area contributed by atoms with Crippen molar-refractivity contribution >= 4 is 0 Å². The minimum Gasteiger partial charge on any atom is -0.369 e. The number of nitrogens with zero attached hydrogens (tertiary/aromatic N) is 2. The molecule has 1 aromatic heterocycles. The lowest BCUT2D eigenvalue weighted by Gasteiger charge is -2.32. The van der Waals surface area contributed by atoms with E-state index < -0.39 is 34.9 Å². The van der Waals surface area contributed by atoms with Crippen LogP contribution in [0.1, 0.15) is 17.0 Å². The predicted molar refractivity (Wildman–Crippen MR) is 69.0 cm³/mol. The molecule has 1 aromatic carbocycles. The lowest BCUT2D eigenvalue weighted by atomic mass is 9.90. The van der Waals surface area contributed by atoms with E-state index in [0.717, 1.165) is 18.5 Å². The van der Waals surface area contributed by atoms with Crippen molar-refractivity contribution in [3.8, 4) is 5.69 Å². The Balaban J connectivity index is 2.76. The van der Waals surface area contributed by atoms with E-state index in [2.05, 4.69) is 5.10 Å².